The lowest BCUT2D eigenvalue weighted by atomic mass is 10.2. The summed E-state index contributed by atoms with van der Waals surface area (Å²) in [6, 6.07) is 4.64. The zero-order chi connectivity index (χ0) is 15.0. The molecule has 21 heavy (non-hydrogen) atoms. The first kappa shape index (κ1) is 13.6. The van der Waals surface area contributed by atoms with Crippen LogP contribution in [0.3, 0.4) is 0 Å². The van der Waals surface area contributed by atoms with Gasteiger partial charge in [-0.25, -0.2) is 9.37 Å². The molecule has 5 nitrogen and oxygen atoms in total. The Kier molecular flexibility index (Phi) is 3.34. The normalized spacial score (nSPS) is 11.0. The van der Waals surface area contributed by atoms with E-state index in [0.29, 0.717) is 26.6 Å². The molecule has 108 valence electrons. The maximum atomic E-state index is 13.7. The monoisotopic (exact) mass is 305 g/mol. The number of nitrogen functional groups attached to an aromatic ring is 1. The number of amides is 1. The lowest BCUT2D eigenvalue weighted by Gasteiger charge is -2.01. The fourth-order valence-electron chi connectivity index (χ4n) is 2.02. The van der Waals surface area contributed by atoms with Crippen molar-refractivity contribution >= 4 is 33.0 Å². The molecule has 0 aliphatic carbocycles. The van der Waals surface area contributed by atoms with Crippen LogP contribution in [0, 0.1) is 12.7 Å². The van der Waals surface area contributed by atoms with E-state index < -0.39 is 5.82 Å². The highest BCUT2D eigenvalue weighted by Gasteiger charge is 2.18. The van der Waals surface area contributed by atoms with E-state index >= 15 is 0 Å². The van der Waals surface area contributed by atoms with Gasteiger partial charge in [0, 0.05) is 4.70 Å². The summed E-state index contributed by atoms with van der Waals surface area (Å²) in [5.41, 5.74) is 6.05. The molecule has 3 N–H and O–H groups in total. The number of carbonyl (C=O) groups is 1. The molecule has 1 aromatic carbocycles. The Labute approximate surface area is 123 Å². The highest BCUT2D eigenvalue weighted by atomic mass is 32.1. The molecular weight excluding hydrogens is 293 g/mol. The van der Waals surface area contributed by atoms with Crippen LogP contribution in [0.15, 0.2) is 28.8 Å². The van der Waals surface area contributed by atoms with Crippen molar-refractivity contribution < 1.29 is 13.6 Å². The first-order valence-electron chi connectivity index (χ1n) is 6.22. The van der Waals surface area contributed by atoms with Crippen LogP contribution >= 0.6 is 11.3 Å². The number of hydrogen-bond acceptors (Lipinski definition) is 5. The fraction of sp³-hybridized carbons (Fsp3) is 0.143. The van der Waals surface area contributed by atoms with Crippen molar-refractivity contribution in [3.05, 3.63) is 46.7 Å². The van der Waals surface area contributed by atoms with Gasteiger partial charge in [-0.05, 0) is 19.1 Å². The standard InChI is InChI=1S/C14H12FN3O2S/c1-7-5-17-10(20-7)6-18-14(19)13-12(16)11-8(15)3-2-4-9(11)21-13/h2-5H,6,16H2,1H3,(H,18,19). The van der Waals surface area contributed by atoms with E-state index in [2.05, 4.69) is 10.3 Å². The molecule has 0 radical (unpaired) electrons. The summed E-state index contributed by atoms with van der Waals surface area (Å²) in [5, 5.41) is 2.95. The number of carbonyl (C=O) groups excluding carboxylic acids is 1. The zero-order valence-electron chi connectivity index (χ0n) is 11.1. The number of fused-ring (bicyclic) bond motifs is 1. The van der Waals surface area contributed by atoms with Crippen LogP contribution in [0.4, 0.5) is 10.1 Å². The molecule has 3 aromatic rings. The molecule has 0 bridgehead atoms. The predicted molar refractivity (Wildman–Crippen MR) is 78.6 cm³/mol. The lowest BCUT2D eigenvalue weighted by Crippen LogP contribution is -2.22. The SMILES string of the molecule is Cc1cnc(CNC(=O)c2sc3cccc(F)c3c2N)o1. The number of rotatable bonds is 3. The molecule has 2 heterocycles. The second-order valence-electron chi connectivity index (χ2n) is 4.51. The van der Waals surface area contributed by atoms with Crippen LogP contribution < -0.4 is 11.1 Å². The molecular formula is C14H12FN3O2S. The number of anilines is 1. The molecule has 0 unspecified atom stereocenters. The molecule has 3 rings (SSSR count). The first-order chi connectivity index (χ1) is 10.1. The largest absolute Gasteiger partial charge is 0.444 e. The third-order valence-electron chi connectivity index (χ3n) is 2.98. The molecule has 1 amide bonds. The van der Waals surface area contributed by atoms with Crippen LogP contribution in [0.1, 0.15) is 21.3 Å². The van der Waals surface area contributed by atoms with E-state index in [1.54, 1.807) is 25.3 Å². The molecule has 0 atom stereocenters. The number of aromatic nitrogens is 1. The van der Waals surface area contributed by atoms with Crippen LogP contribution in [0.5, 0.6) is 0 Å². The second-order valence-corrected chi connectivity index (χ2v) is 5.56. The first-order valence-corrected chi connectivity index (χ1v) is 7.04. The van der Waals surface area contributed by atoms with Gasteiger partial charge >= 0.3 is 0 Å². The van der Waals surface area contributed by atoms with Crippen molar-refractivity contribution in [2.24, 2.45) is 0 Å². The van der Waals surface area contributed by atoms with Gasteiger partial charge in [0.15, 0.2) is 0 Å². The number of halogens is 1. The molecule has 2 aromatic heterocycles. The van der Waals surface area contributed by atoms with Gasteiger partial charge in [0.25, 0.3) is 5.91 Å². The topological polar surface area (TPSA) is 81.2 Å². The number of aryl methyl sites for hydroxylation is 1. The minimum Gasteiger partial charge on any atom is -0.444 e. The van der Waals surface area contributed by atoms with E-state index in [1.807, 2.05) is 0 Å². The van der Waals surface area contributed by atoms with E-state index in [0.717, 1.165) is 11.3 Å². The van der Waals surface area contributed by atoms with Gasteiger partial charge < -0.3 is 15.5 Å². The second kappa shape index (κ2) is 5.17. The average Bonchev–Trinajstić information content (AvgIpc) is 3.01. The summed E-state index contributed by atoms with van der Waals surface area (Å²) < 4.78 is 19.7. The van der Waals surface area contributed by atoms with E-state index in [-0.39, 0.29) is 18.1 Å². The minimum absolute atomic E-state index is 0.156. The minimum atomic E-state index is -0.427. The molecule has 0 saturated heterocycles. The summed E-state index contributed by atoms with van der Waals surface area (Å²) in [6.07, 6.45) is 1.57. The van der Waals surface area contributed by atoms with Crippen molar-refractivity contribution in [2.45, 2.75) is 13.5 Å². The number of benzene rings is 1. The average molecular weight is 305 g/mol. The summed E-state index contributed by atoms with van der Waals surface area (Å²) >= 11 is 1.16. The Morgan fingerprint density at radius 1 is 1.52 bits per heavy atom. The van der Waals surface area contributed by atoms with Gasteiger partial charge in [-0.3, -0.25) is 4.79 Å². The maximum absolute atomic E-state index is 13.7. The quantitative estimate of drug-likeness (QED) is 0.779. The lowest BCUT2D eigenvalue weighted by molar-refractivity contribution is 0.0952. The molecule has 0 fully saturated rings. The van der Waals surface area contributed by atoms with E-state index in [4.69, 9.17) is 10.2 Å². The molecule has 0 aliphatic heterocycles. The number of nitrogens with zero attached hydrogens (tertiary/aromatic N) is 1. The van der Waals surface area contributed by atoms with Crippen molar-refractivity contribution in [1.29, 1.82) is 0 Å². The third kappa shape index (κ3) is 2.47. The van der Waals surface area contributed by atoms with Gasteiger partial charge in [-0.1, -0.05) is 6.07 Å². The van der Waals surface area contributed by atoms with Gasteiger partial charge in [0.05, 0.1) is 23.8 Å². The number of thiophene rings is 1. The Hall–Kier alpha value is -2.41. The Bertz CT molecular complexity index is 825. The highest BCUT2D eigenvalue weighted by Crippen LogP contribution is 2.35. The zero-order valence-corrected chi connectivity index (χ0v) is 12.0. The van der Waals surface area contributed by atoms with E-state index in [9.17, 15) is 9.18 Å². The van der Waals surface area contributed by atoms with Gasteiger partial charge in [0.2, 0.25) is 5.89 Å². The smallest absolute Gasteiger partial charge is 0.263 e. The molecule has 0 aliphatic rings. The van der Waals surface area contributed by atoms with E-state index in [1.165, 1.54) is 6.07 Å². The molecule has 0 saturated carbocycles. The fourth-order valence-corrected chi connectivity index (χ4v) is 3.07. The molecule has 7 heteroatoms. The number of oxazole rings is 1. The number of nitrogens with one attached hydrogen (secondary N) is 1. The van der Waals surface area contributed by atoms with Crippen LogP contribution in [0.25, 0.3) is 10.1 Å². The van der Waals surface area contributed by atoms with Crippen molar-refractivity contribution in [3.63, 3.8) is 0 Å². The van der Waals surface area contributed by atoms with Crippen LogP contribution in [-0.4, -0.2) is 10.9 Å². The van der Waals surface area contributed by atoms with Crippen molar-refractivity contribution in [3.8, 4) is 0 Å². The van der Waals surface area contributed by atoms with Crippen LogP contribution in [-0.2, 0) is 6.54 Å². The summed E-state index contributed by atoms with van der Waals surface area (Å²) in [4.78, 5) is 16.4. The Balaban J connectivity index is 1.84. The number of nitrogens with two attached hydrogens (primary N) is 1. The van der Waals surface area contributed by atoms with Crippen molar-refractivity contribution in [1.82, 2.24) is 10.3 Å². The van der Waals surface area contributed by atoms with Gasteiger partial charge in [-0.2, -0.15) is 0 Å². The maximum Gasteiger partial charge on any atom is 0.263 e. The predicted octanol–water partition coefficient (Wildman–Crippen LogP) is 2.85. The summed E-state index contributed by atoms with van der Waals surface area (Å²) in [6.45, 7) is 1.92. The summed E-state index contributed by atoms with van der Waals surface area (Å²) in [7, 11) is 0. The van der Waals surface area contributed by atoms with Crippen molar-refractivity contribution in [2.75, 3.05) is 5.73 Å². The summed E-state index contributed by atoms with van der Waals surface area (Å²) in [5.74, 6) is 0.280. The highest BCUT2D eigenvalue weighted by molar-refractivity contribution is 7.21. The Morgan fingerprint density at radius 2 is 2.33 bits per heavy atom. The van der Waals surface area contributed by atoms with Gasteiger partial charge in [0.1, 0.15) is 16.5 Å². The third-order valence-corrected chi connectivity index (χ3v) is 4.15. The number of hydrogen-bond donors (Lipinski definition) is 2. The van der Waals surface area contributed by atoms with Crippen LogP contribution in [0.2, 0.25) is 0 Å². The molecule has 0 spiro atoms. The Morgan fingerprint density at radius 3 is 3.00 bits per heavy atom. The van der Waals surface area contributed by atoms with Gasteiger partial charge in [-0.15, -0.1) is 11.3 Å².